The quantitative estimate of drug-likeness (QED) is 0.285. The molecule has 254 valence electrons. The van der Waals surface area contributed by atoms with Crippen LogP contribution in [0.5, 0.6) is 5.75 Å². The lowest BCUT2D eigenvalue weighted by Crippen LogP contribution is -2.49. The lowest BCUT2D eigenvalue weighted by Gasteiger charge is -2.36. The summed E-state index contributed by atoms with van der Waals surface area (Å²) in [6.07, 6.45) is 4.42. The van der Waals surface area contributed by atoms with Crippen molar-refractivity contribution in [3.63, 3.8) is 0 Å². The van der Waals surface area contributed by atoms with Crippen molar-refractivity contribution < 1.29 is 28.6 Å². The van der Waals surface area contributed by atoms with Crippen LogP contribution in [-0.4, -0.2) is 96.9 Å². The summed E-state index contributed by atoms with van der Waals surface area (Å²) in [7, 11) is 1.59. The molecule has 11 heteroatoms. The van der Waals surface area contributed by atoms with Gasteiger partial charge >= 0.3 is 6.03 Å². The van der Waals surface area contributed by atoms with Gasteiger partial charge in [-0.2, -0.15) is 0 Å². The Kier molecular flexibility index (Phi) is 9.98. The third-order valence-electron chi connectivity index (χ3n) is 9.67. The highest BCUT2D eigenvalue weighted by Crippen LogP contribution is 2.38. The molecule has 3 aliphatic rings. The Morgan fingerprint density at radius 2 is 1.73 bits per heavy atom. The van der Waals surface area contributed by atoms with Gasteiger partial charge < -0.3 is 28.9 Å². The molecular formula is C37H45N5O6. The number of rotatable bonds is 10. The Bertz CT molecular complexity index is 1620. The molecule has 4 heterocycles. The fraction of sp³-hybridized carbons (Fsp3) is 0.459. The first-order chi connectivity index (χ1) is 23.2. The van der Waals surface area contributed by atoms with Crippen molar-refractivity contribution in [3.8, 4) is 5.75 Å². The highest BCUT2D eigenvalue weighted by Gasteiger charge is 2.55. The average molecular weight is 656 g/mol. The molecular weight excluding hydrogens is 610 g/mol. The van der Waals surface area contributed by atoms with Crippen LogP contribution in [0.15, 0.2) is 60.8 Å². The zero-order chi connectivity index (χ0) is 33.8. The van der Waals surface area contributed by atoms with Crippen molar-refractivity contribution in [2.45, 2.75) is 58.4 Å². The lowest BCUT2D eigenvalue weighted by atomic mass is 9.89. The summed E-state index contributed by atoms with van der Waals surface area (Å²) in [6.45, 7) is 9.65. The van der Waals surface area contributed by atoms with Crippen LogP contribution in [0, 0.1) is 13.8 Å². The number of benzene rings is 2. The Hall–Kier alpha value is -4.48. The van der Waals surface area contributed by atoms with Crippen molar-refractivity contribution >= 4 is 23.7 Å². The number of hydrogen-bond acceptors (Lipinski definition) is 8. The standard InChI is InChI=1S/C37H45N5O6/c1-26-23-27(2)33(38-24-26)39-16-18-40(19-17-39)34(43)29-10-12-30(13-11-29)37(3)35(44)41(25-28-8-14-31(46-4)15-9-28)36(45)42(37)20-22-48-32-7-5-6-21-47-32/h8-15,23-24,32H,5-7,16-22,25H2,1-4H3/t32?,37-/m1/s1. The molecule has 0 spiro atoms. The second kappa shape index (κ2) is 14.3. The van der Waals surface area contributed by atoms with Gasteiger partial charge in [0.15, 0.2) is 6.29 Å². The molecule has 0 aliphatic carbocycles. The summed E-state index contributed by atoms with van der Waals surface area (Å²) >= 11 is 0. The normalized spacial score (nSPS) is 21.6. The molecule has 48 heavy (non-hydrogen) atoms. The van der Waals surface area contributed by atoms with Crippen LogP contribution in [0.3, 0.4) is 0 Å². The number of amides is 4. The SMILES string of the molecule is COc1ccc(CN2C(=O)N(CCOC3CCCCO3)[C@](C)(c3ccc(C(=O)N4CCN(c5ncc(C)cc5C)CC4)cc3)C2=O)cc1. The number of piperazine rings is 1. The molecule has 3 aliphatic heterocycles. The largest absolute Gasteiger partial charge is 0.497 e. The minimum absolute atomic E-state index is 0.0624. The maximum Gasteiger partial charge on any atom is 0.328 e. The molecule has 0 N–H and O–H groups in total. The molecule has 1 unspecified atom stereocenters. The minimum Gasteiger partial charge on any atom is -0.497 e. The van der Waals surface area contributed by atoms with Gasteiger partial charge in [-0.15, -0.1) is 0 Å². The minimum atomic E-state index is -1.29. The highest BCUT2D eigenvalue weighted by molar-refractivity contribution is 6.07. The van der Waals surface area contributed by atoms with Crippen molar-refractivity contribution in [2.24, 2.45) is 0 Å². The fourth-order valence-electron chi connectivity index (χ4n) is 6.85. The van der Waals surface area contributed by atoms with E-state index in [1.54, 1.807) is 43.2 Å². The zero-order valence-electron chi connectivity index (χ0n) is 28.3. The van der Waals surface area contributed by atoms with Crippen LogP contribution in [0.2, 0.25) is 0 Å². The number of pyridine rings is 1. The molecule has 2 atom stereocenters. The van der Waals surface area contributed by atoms with E-state index in [0.29, 0.717) is 49.7 Å². The Balaban J connectivity index is 1.17. The molecule has 11 nitrogen and oxygen atoms in total. The number of nitrogens with zero attached hydrogens (tertiary/aromatic N) is 5. The second-order valence-corrected chi connectivity index (χ2v) is 12.9. The number of aromatic nitrogens is 1. The number of urea groups is 1. The highest BCUT2D eigenvalue weighted by atomic mass is 16.7. The number of imide groups is 1. The van der Waals surface area contributed by atoms with Gasteiger partial charge in [-0.05, 0) is 86.6 Å². The van der Waals surface area contributed by atoms with E-state index in [1.165, 1.54) is 4.90 Å². The van der Waals surface area contributed by atoms with E-state index >= 15 is 0 Å². The van der Waals surface area contributed by atoms with Gasteiger partial charge in [-0.3, -0.25) is 14.5 Å². The smallest absolute Gasteiger partial charge is 0.328 e. The summed E-state index contributed by atoms with van der Waals surface area (Å²) in [5, 5.41) is 0. The number of carbonyl (C=O) groups is 3. The predicted octanol–water partition coefficient (Wildman–Crippen LogP) is 4.89. The van der Waals surface area contributed by atoms with Crippen LogP contribution in [-0.2, 0) is 26.4 Å². The van der Waals surface area contributed by atoms with E-state index in [1.807, 2.05) is 42.3 Å². The van der Waals surface area contributed by atoms with Gasteiger partial charge in [-0.1, -0.05) is 30.3 Å². The molecule has 6 rings (SSSR count). The first kappa shape index (κ1) is 33.4. The number of ether oxygens (including phenoxy) is 3. The first-order valence-electron chi connectivity index (χ1n) is 16.8. The van der Waals surface area contributed by atoms with Gasteiger partial charge in [0.05, 0.1) is 20.3 Å². The predicted molar refractivity (Wildman–Crippen MR) is 181 cm³/mol. The number of anilines is 1. The van der Waals surface area contributed by atoms with Gasteiger partial charge in [-0.25, -0.2) is 9.78 Å². The zero-order valence-corrected chi connectivity index (χ0v) is 28.3. The van der Waals surface area contributed by atoms with Gasteiger partial charge in [0.25, 0.3) is 11.8 Å². The summed E-state index contributed by atoms with van der Waals surface area (Å²) in [4.78, 5) is 53.2. The maximum absolute atomic E-state index is 14.2. The van der Waals surface area contributed by atoms with Gasteiger partial charge in [0.2, 0.25) is 0 Å². The van der Waals surface area contributed by atoms with Crippen LogP contribution in [0.4, 0.5) is 10.6 Å². The maximum atomic E-state index is 14.2. The molecule has 1 aromatic heterocycles. The van der Waals surface area contributed by atoms with Crippen molar-refractivity contribution in [3.05, 3.63) is 88.6 Å². The van der Waals surface area contributed by atoms with Crippen LogP contribution < -0.4 is 9.64 Å². The molecule has 3 aromatic rings. The third-order valence-corrected chi connectivity index (χ3v) is 9.67. The first-order valence-corrected chi connectivity index (χ1v) is 16.8. The average Bonchev–Trinajstić information content (AvgIpc) is 3.29. The molecule has 2 aromatic carbocycles. The monoisotopic (exact) mass is 655 g/mol. The van der Waals surface area contributed by atoms with E-state index in [4.69, 9.17) is 14.2 Å². The molecule has 4 amide bonds. The Morgan fingerprint density at radius 3 is 2.38 bits per heavy atom. The molecule has 3 saturated heterocycles. The van der Waals surface area contributed by atoms with Gasteiger partial charge in [0.1, 0.15) is 17.1 Å². The van der Waals surface area contributed by atoms with E-state index in [0.717, 1.165) is 41.8 Å². The van der Waals surface area contributed by atoms with Crippen molar-refractivity contribution in [1.82, 2.24) is 19.7 Å². The second-order valence-electron chi connectivity index (χ2n) is 12.9. The number of hydrogen-bond donors (Lipinski definition) is 0. The number of carbonyl (C=O) groups excluding carboxylic acids is 3. The van der Waals surface area contributed by atoms with Crippen LogP contribution in [0.1, 0.15) is 58.8 Å². The number of aryl methyl sites for hydroxylation is 2. The van der Waals surface area contributed by atoms with E-state index < -0.39 is 5.54 Å². The summed E-state index contributed by atoms with van der Waals surface area (Å²) < 4.78 is 17.0. The fourth-order valence-corrected chi connectivity index (χ4v) is 6.85. The summed E-state index contributed by atoms with van der Waals surface area (Å²) in [5.74, 6) is 1.27. The number of methoxy groups -OCH3 is 1. The Morgan fingerprint density at radius 1 is 1.00 bits per heavy atom. The van der Waals surface area contributed by atoms with E-state index in [9.17, 15) is 14.4 Å². The van der Waals surface area contributed by atoms with Gasteiger partial charge in [0, 0.05) is 51.1 Å². The van der Waals surface area contributed by atoms with Crippen molar-refractivity contribution in [2.75, 3.05) is 57.9 Å². The summed E-state index contributed by atoms with van der Waals surface area (Å²) in [6, 6.07) is 16.2. The molecule has 0 radical (unpaired) electrons. The van der Waals surface area contributed by atoms with Crippen molar-refractivity contribution in [1.29, 1.82) is 0 Å². The molecule has 0 bridgehead atoms. The van der Waals surface area contributed by atoms with E-state index in [2.05, 4.69) is 22.9 Å². The topological polar surface area (TPSA) is 105 Å². The third kappa shape index (κ3) is 6.75. The van der Waals surface area contributed by atoms with E-state index in [-0.39, 0.29) is 43.8 Å². The molecule has 3 fully saturated rings. The lowest BCUT2D eigenvalue weighted by molar-refractivity contribution is -0.164. The van der Waals surface area contributed by atoms with Crippen LogP contribution >= 0.6 is 0 Å². The Labute approximate surface area is 282 Å². The molecule has 0 saturated carbocycles. The summed E-state index contributed by atoms with van der Waals surface area (Å²) in [5.41, 5.74) is 2.95. The van der Waals surface area contributed by atoms with Crippen LogP contribution in [0.25, 0.3) is 0 Å².